The van der Waals surface area contributed by atoms with E-state index in [9.17, 15) is 0 Å². The van der Waals surface area contributed by atoms with E-state index in [4.69, 9.17) is 18.9 Å². The van der Waals surface area contributed by atoms with Gasteiger partial charge in [-0.05, 0) is 27.7 Å². The molecule has 4 heteroatoms. The van der Waals surface area contributed by atoms with Crippen LogP contribution in [0.1, 0.15) is 27.7 Å². The molecule has 2 heterocycles. The van der Waals surface area contributed by atoms with Gasteiger partial charge in [-0.15, -0.1) is 6.58 Å². The van der Waals surface area contributed by atoms with Gasteiger partial charge in [0.1, 0.15) is 18.3 Å². The van der Waals surface area contributed by atoms with Gasteiger partial charge < -0.3 is 18.9 Å². The second-order valence-electron chi connectivity index (χ2n) is 5.17. The normalized spacial score (nSPS) is 41.1. The maximum Gasteiger partial charge on any atom is 0.164 e. The first-order chi connectivity index (χ1) is 7.33. The average molecular weight is 228 g/mol. The Morgan fingerprint density at radius 2 is 1.75 bits per heavy atom. The lowest BCUT2D eigenvalue weighted by atomic mass is 10.1. The summed E-state index contributed by atoms with van der Waals surface area (Å²) >= 11 is 0. The van der Waals surface area contributed by atoms with E-state index < -0.39 is 11.6 Å². The van der Waals surface area contributed by atoms with Crippen molar-refractivity contribution in [3.8, 4) is 0 Å². The van der Waals surface area contributed by atoms with Crippen molar-refractivity contribution < 1.29 is 18.9 Å². The van der Waals surface area contributed by atoms with Crippen molar-refractivity contribution in [3.05, 3.63) is 12.7 Å². The van der Waals surface area contributed by atoms with E-state index in [0.717, 1.165) is 0 Å². The molecule has 0 aromatic carbocycles. The van der Waals surface area contributed by atoms with Crippen LogP contribution in [0.25, 0.3) is 0 Å². The van der Waals surface area contributed by atoms with E-state index in [1.807, 2.05) is 27.7 Å². The molecule has 0 N–H and O–H groups in total. The van der Waals surface area contributed by atoms with E-state index in [0.29, 0.717) is 6.61 Å². The van der Waals surface area contributed by atoms with Crippen LogP contribution in [0.15, 0.2) is 12.7 Å². The van der Waals surface area contributed by atoms with Crippen molar-refractivity contribution in [2.45, 2.75) is 57.6 Å². The van der Waals surface area contributed by atoms with Gasteiger partial charge in [0.2, 0.25) is 0 Å². The quantitative estimate of drug-likeness (QED) is 0.676. The van der Waals surface area contributed by atoms with Gasteiger partial charge in [0, 0.05) is 0 Å². The molecule has 0 spiro atoms. The van der Waals surface area contributed by atoms with E-state index in [-0.39, 0.29) is 18.3 Å². The highest BCUT2D eigenvalue weighted by atomic mass is 16.8. The minimum Gasteiger partial charge on any atom is -0.348 e. The molecule has 0 radical (unpaired) electrons. The Morgan fingerprint density at radius 1 is 1.06 bits per heavy atom. The summed E-state index contributed by atoms with van der Waals surface area (Å²) in [4.78, 5) is 0. The largest absolute Gasteiger partial charge is 0.348 e. The third-order valence-electron chi connectivity index (χ3n) is 2.79. The van der Waals surface area contributed by atoms with Crippen molar-refractivity contribution in [1.29, 1.82) is 0 Å². The fraction of sp³-hybridized carbons (Fsp3) is 0.833. The van der Waals surface area contributed by atoms with Crippen LogP contribution in [0, 0.1) is 0 Å². The molecule has 2 fully saturated rings. The monoisotopic (exact) mass is 228 g/mol. The van der Waals surface area contributed by atoms with E-state index in [1.54, 1.807) is 6.08 Å². The maximum absolute atomic E-state index is 5.83. The minimum absolute atomic E-state index is 0.0974. The molecular weight excluding hydrogens is 208 g/mol. The Kier molecular flexibility index (Phi) is 2.87. The number of ether oxygens (including phenoxy) is 4. The predicted octanol–water partition coefficient (Wildman–Crippen LogP) is 1.84. The fourth-order valence-electron chi connectivity index (χ4n) is 2.16. The van der Waals surface area contributed by atoms with Crippen molar-refractivity contribution in [3.63, 3.8) is 0 Å². The van der Waals surface area contributed by atoms with Crippen LogP contribution in [0.3, 0.4) is 0 Å². The first kappa shape index (κ1) is 12.0. The SMILES string of the molecule is C=CC1OC(C)(C)OC1C1COC(C)(C)O1. The molecule has 0 aliphatic carbocycles. The molecule has 0 bridgehead atoms. The minimum atomic E-state index is -0.584. The summed E-state index contributed by atoms with van der Waals surface area (Å²) in [7, 11) is 0. The fourth-order valence-corrected chi connectivity index (χ4v) is 2.16. The van der Waals surface area contributed by atoms with Crippen LogP contribution >= 0.6 is 0 Å². The highest BCUT2D eigenvalue weighted by Gasteiger charge is 2.48. The molecule has 92 valence electrons. The zero-order valence-electron chi connectivity index (χ0n) is 10.4. The van der Waals surface area contributed by atoms with E-state index >= 15 is 0 Å². The van der Waals surface area contributed by atoms with Crippen LogP contribution in [-0.4, -0.2) is 36.5 Å². The van der Waals surface area contributed by atoms with Gasteiger partial charge in [-0.2, -0.15) is 0 Å². The summed E-state index contributed by atoms with van der Waals surface area (Å²) < 4.78 is 22.9. The summed E-state index contributed by atoms with van der Waals surface area (Å²) in [5, 5.41) is 0. The van der Waals surface area contributed by atoms with Crippen molar-refractivity contribution in [2.75, 3.05) is 6.61 Å². The van der Waals surface area contributed by atoms with Crippen molar-refractivity contribution >= 4 is 0 Å². The lowest BCUT2D eigenvalue weighted by Crippen LogP contribution is -2.37. The third-order valence-corrected chi connectivity index (χ3v) is 2.79. The predicted molar refractivity (Wildman–Crippen MR) is 58.9 cm³/mol. The zero-order chi connectivity index (χ0) is 12.0. The van der Waals surface area contributed by atoms with Gasteiger partial charge in [0.05, 0.1) is 6.61 Å². The van der Waals surface area contributed by atoms with Crippen LogP contribution in [0.2, 0.25) is 0 Å². The van der Waals surface area contributed by atoms with Crippen LogP contribution in [0.5, 0.6) is 0 Å². The highest BCUT2D eigenvalue weighted by molar-refractivity contribution is 4.98. The topological polar surface area (TPSA) is 36.9 Å². The zero-order valence-corrected chi connectivity index (χ0v) is 10.4. The Hall–Kier alpha value is -0.420. The molecule has 2 saturated heterocycles. The first-order valence-corrected chi connectivity index (χ1v) is 5.63. The molecule has 3 unspecified atom stereocenters. The molecule has 4 nitrogen and oxygen atoms in total. The maximum atomic E-state index is 5.83. The van der Waals surface area contributed by atoms with E-state index in [1.165, 1.54) is 0 Å². The molecule has 0 aromatic rings. The number of hydrogen-bond acceptors (Lipinski definition) is 4. The van der Waals surface area contributed by atoms with Crippen molar-refractivity contribution in [2.24, 2.45) is 0 Å². The molecule has 16 heavy (non-hydrogen) atoms. The smallest absolute Gasteiger partial charge is 0.164 e. The van der Waals surface area contributed by atoms with Gasteiger partial charge in [-0.25, -0.2) is 0 Å². The molecule has 0 saturated carbocycles. The van der Waals surface area contributed by atoms with Gasteiger partial charge in [0.15, 0.2) is 11.6 Å². The Balaban J connectivity index is 2.07. The Labute approximate surface area is 96.5 Å². The molecule has 3 atom stereocenters. The summed E-state index contributed by atoms with van der Waals surface area (Å²) in [6, 6.07) is 0. The van der Waals surface area contributed by atoms with Crippen LogP contribution in [-0.2, 0) is 18.9 Å². The Bertz CT molecular complexity index is 285. The number of rotatable bonds is 2. The van der Waals surface area contributed by atoms with Gasteiger partial charge >= 0.3 is 0 Å². The molecule has 0 aromatic heterocycles. The van der Waals surface area contributed by atoms with Crippen LogP contribution in [0.4, 0.5) is 0 Å². The summed E-state index contributed by atoms with van der Waals surface area (Å²) in [6.45, 7) is 11.9. The summed E-state index contributed by atoms with van der Waals surface area (Å²) in [5.41, 5.74) is 0. The highest BCUT2D eigenvalue weighted by Crippen LogP contribution is 2.35. The van der Waals surface area contributed by atoms with E-state index in [2.05, 4.69) is 6.58 Å². The van der Waals surface area contributed by atoms with Gasteiger partial charge in [-0.1, -0.05) is 6.08 Å². The van der Waals surface area contributed by atoms with Crippen molar-refractivity contribution in [1.82, 2.24) is 0 Å². The Morgan fingerprint density at radius 3 is 2.25 bits per heavy atom. The second kappa shape index (κ2) is 3.81. The second-order valence-corrected chi connectivity index (χ2v) is 5.17. The molecule has 0 amide bonds. The average Bonchev–Trinajstić information content (AvgIpc) is 2.65. The standard InChI is InChI=1S/C12H20O4/c1-6-8-10(16-12(4,5)14-8)9-7-13-11(2,3)15-9/h6,8-10H,1,7H2,2-5H3. The van der Waals surface area contributed by atoms with Crippen LogP contribution < -0.4 is 0 Å². The lowest BCUT2D eigenvalue weighted by molar-refractivity contribution is -0.174. The molecule has 2 rings (SSSR count). The third kappa shape index (κ3) is 2.30. The van der Waals surface area contributed by atoms with Gasteiger partial charge in [-0.3, -0.25) is 0 Å². The molecular formula is C12H20O4. The summed E-state index contributed by atoms with van der Waals surface area (Å²) in [5.74, 6) is -1.12. The molecule has 2 aliphatic heterocycles. The van der Waals surface area contributed by atoms with Gasteiger partial charge in [0.25, 0.3) is 0 Å². The lowest BCUT2D eigenvalue weighted by Gasteiger charge is -2.22. The number of hydrogen-bond donors (Lipinski definition) is 0. The first-order valence-electron chi connectivity index (χ1n) is 5.63. The summed E-state index contributed by atoms with van der Waals surface area (Å²) in [6.07, 6.45) is 1.38. The molecule has 2 aliphatic rings.